The second kappa shape index (κ2) is 9.78. The Morgan fingerprint density at radius 2 is 1.72 bits per heavy atom. The molecule has 6 heteroatoms. The summed E-state index contributed by atoms with van der Waals surface area (Å²) in [6.45, 7) is 2.08. The SMILES string of the molecule is CCCc1nnc([C@H]2CC[C@@H](N(C)C(=O)c3ccc(C#Cc4ccc(F)cc4)cc3)C2)o1. The van der Waals surface area contributed by atoms with Crippen molar-refractivity contribution in [3.05, 3.63) is 82.8 Å². The fourth-order valence-corrected chi connectivity index (χ4v) is 4.02. The molecule has 32 heavy (non-hydrogen) atoms. The highest BCUT2D eigenvalue weighted by molar-refractivity contribution is 5.94. The zero-order chi connectivity index (χ0) is 22.5. The lowest BCUT2D eigenvalue weighted by molar-refractivity contribution is 0.0733. The van der Waals surface area contributed by atoms with Gasteiger partial charge in [-0.05, 0) is 74.2 Å². The van der Waals surface area contributed by atoms with Crippen LogP contribution in [0.5, 0.6) is 0 Å². The lowest BCUT2D eigenvalue weighted by Gasteiger charge is -2.24. The first-order chi connectivity index (χ1) is 15.5. The Hall–Kier alpha value is -3.46. The van der Waals surface area contributed by atoms with Crippen LogP contribution in [0.3, 0.4) is 0 Å². The smallest absolute Gasteiger partial charge is 0.253 e. The molecule has 3 aromatic rings. The van der Waals surface area contributed by atoms with E-state index < -0.39 is 0 Å². The van der Waals surface area contributed by atoms with Gasteiger partial charge in [0.2, 0.25) is 11.8 Å². The molecule has 0 radical (unpaired) electrons. The molecule has 1 aromatic heterocycles. The average molecular weight is 432 g/mol. The minimum atomic E-state index is -0.283. The molecule has 1 aliphatic carbocycles. The number of carbonyl (C=O) groups is 1. The molecule has 164 valence electrons. The standard InChI is InChI=1S/C26H26FN3O2/c1-3-4-24-28-29-25(32-24)21-13-16-23(17-21)30(2)26(31)20-11-7-18(8-12-20)5-6-19-9-14-22(27)15-10-19/h7-12,14-15,21,23H,3-4,13,16-17H2,1-2H3/t21-,23+/m0/s1. The van der Waals surface area contributed by atoms with Crippen LogP contribution >= 0.6 is 0 Å². The predicted molar refractivity (Wildman–Crippen MR) is 120 cm³/mol. The molecule has 4 rings (SSSR count). The Balaban J connectivity index is 1.37. The van der Waals surface area contributed by atoms with E-state index in [9.17, 15) is 9.18 Å². The van der Waals surface area contributed by atoms with Gasteiger partial charge in [0.15, 0.2) is 0 Å². The van der Waals surface area contributed by atoms with E-state index in [0.717, 1.165) is 43.2 Å². The van der Waals surface area contributed by atoms with Gasteiger partial charge in [-0.2, -0.15) is 0 Å². The van der Waals surface area contributed by atoms with Crippen LogP contribution in [0.25, 0.3) is 0 Å². The molecule has 1 saturated carbocycles. The molecule has 0 N–H and O–H groups in total. The van der Waals surface area contributed by atoms with Gasteiger partial charge < -0.3 is 9.32 Å². The first-order valence-electron chi connectivity index (χ1n) is 11.0. The van der Waals surface area contributed by atoms with Crippen molar-refractivity contribution in [3.8, 4) is 11.8 Å². The normalized spacial score (nSPS) is 17.6. The van der Waals surface area contributed by atoms with Crippen LogP contribution in [0.2, 0.25) is 0 Å². The quantitative estimate of drug-likeness (QED) is 0.535. The van der Waals surface area contributed by atoms with E-state index >= 15 is 0 Å². The van der Waals surface area contributed by atoms with Gasteiger partial charge >= 0.3 is 0 Å². The summed E-state index contributed by atoms with van der Waals surface area (Å²) in [6, 6.07) is 13.5. The Morgan fingerprint density at radius 1 is 1.06 bits per heavy atom. The van der Waals surface area contributed by atoms with Gasteiger partial charge in [0.25, 0.3) is 5.91 Å². The summed E-state index contributed by atoms with van der Waals surface area (Å²) in [5, 5.41) is 8.34. The molecule has 2 atom stereocenters. The monoisotopic (exact) mass is 431 g/mol. The van der Waals surface area contributed by atoms with Crippen LogP contribution in [-0.4, -0.2) is 34.1 Å². The predicted octanol–water partition coefficient (Wildman–Crippen LogP) is 4.97. The minimum absolute atomic E-state index is 0.00843. The van der Waals surface area contributed by atoms with Crippen molar-refractivity contribution >= 4 is 5.91 Å². The molecule has 1 aliphatic rings. The first kappa shape index (κ1) is 21.8. The van der Waals surface area contributed by atoms with Crippen molar-refractivity contribution < 1.29 is 13.6 Å². The summed E-state index contributed by atoms with van der Waals surface area (Å²) < 4.78 is 18.8. The number of halogens is 1. The highest BCUT2D eigenvalue weighted by atomic mass is 19.1. The maximum atomic E-state index is 13.0. The van der Waals surface area contributed by atoms with Crippen LogP contribution in [0.15, 0.2) is 52.9 Å². The van der Waals surface area contributed by atoms with Crippen molar-refractivity contribution in [1.29, 1.82) is 0 Å². The number of hydrogen-bond donors (Lipinski definition) is 0. The number of amides is 1. The summed E-state index contributed by atoms with van der Waals surface area (Å²) in [5.41, 5.74) is 2.17. The molecule has 0 unspecified atom stereocenters. The largest absolute Gasteiger partial charge is 0.425 e. The van der Waals surface area contributed by atoms with E-state index in [2.05, 4.69) is 29.0 Å². The molecular formula is C26H26FN3O2. The maximum absolute atomic E-state index is 13.0. The molecule has 5 nitrogen and oxygen atoms in total. The molecule has 1 amide bonds. The number of nitrogens with zero attached hydrogens (tertiary/aromatic N) is 3. The van der Waals surface area contributed by atoms with Crippen LogP contribution in [0.1, 0.15) is 71.8 Å². The van der Waals surface area contributed by atoms with Crippen LogP contribution in [0, 0.1) is 17.7 Å². The van der Waals surface area contributed by atoms with E-state index in [4.69, 9.17) is 4.42 Å². The average Bonchev–Trinajstić information content (AvgIpc) is 3.48. The number of aryl methyl sites for hydroxylation is 1. The van der Waals surface area contributed by atoms with Gasteiger partial charge in [-0.1, -0.05) is 18.8 Å². The third-order valence-electron chi connectivity index (χ3n) is 5.90. The zero-order valence-corrected chi connectivity index (χ0v) is 18.3. The summed E-state index contributed by atoms with van der Waals surface area (Å²) >= 11 is 0. The number of aromatic nitrogens is 2. The molecule has 1 fully saturated rings. The van der Waals surface area contributed by atoms with Crippen molar-refractivity contribution in [1.82, 2.24) is 15.1 Å². The number of rotatable bonds is 5. The topological polar surface area (TPSA) is 59.2 Å². The number of carbonyl (C=O) groups excluding carboxylic acids is 1. The van der Waals surface area contributed by atoms with Gasteiger partial charge in [0.1, 0.15) is 5.82 Å². The summed E-state index contributed by atoms with van der Waals surface area (Å²) in [6.07, 6.45) is 4.46. The number of hydrogen-bond acceptors (Lipinski definition) is 4. The van der Waals surface area contributed by atoms with Crippen molar-refractivity contribution in [2.24, 2.45) is 0 Å². The van der Waals surface area contributed by atoms with E-state index in [1.807, 2.05) is 24.1 Å². The van der Waals surface area contributed by atoms with Gasteiger partial charge in [-0.3, -0.25) is 4.79 Å². The van der Waals surface area contributed by atoms with Crippen LogP contribution in [-0.2, 0) is 6.42 Å². The first-order valence-corrected chi connectivity index (χ1v) is 11.0. The lowest BCUT2D eigenvalue weighted by Crippen LogP contribution is -2.35. The van der Waals surface area contributed by atoms with E-state index in [1.54, 1.807) is 24.3 Å². The Bertz CT molecular complexity index is 1130. The Labute approximate surface area is 187 Å². The Kier molecular flexibility index (Phi) is 6.65. The second-order valence-electron chi connectivity index (χ2n) is 8.20. The van der Waals surface area contributed by atoms with Crippen LogP contribution in [0.4, 0.5) is 4.39 Å². The molecule has 0 bridgehead atoms. The van der Waals surface area contributed by atoms with Gasteiger partial charge in [0.05, 0.1) is 0 Å². The maximum Gasteiger partial charge on any atom is 0.253 e. The van der Waals surface area contributed by atoms with Gasteiger partial charge in [-0.15, -0.1) is 10.2 Å². The Morgan fingerprint density at radius 3 is 2.38 bits per heavy atom. The zero-order valence-electron chi connectivity index (χ0n) is 18.3. The summed E-state index contributed by atoms with van der Waals surface area (Å²) in [7, 11) is 1.86. The van der Waals surface area contributed by atoms with Crippen molar-refractivity contribution in [3.63, 3.8) is 0 Å². The third kappa shape index (κ3) is 5.05. The highest BCUT2D eigenvalue weighted by Gasteiger charge is 2.33. The fourth-order valence-electron chi connectivity index (χ4n) is 4.02. The molecule has 0 saturated heterocycles. The molecule has 0 aliphatic heterocycles. The number of benzene rings is 2. The lowest BCUT2D eigenvalue weighted by atomic mass is 10.1. The van der Waals surface area contributed by atoms with Gasteiger partial charge in [0, 0.05) is 42.1 Å². The third-order valence-corrected chi connectivity index (χ3v) is 5.90. The summed E-state index contributed by atoms with van der Waals surface area (Å²) in [4.78, 5) is 14.8. The molecular weight excluding hydrogens is 405 g/mol. The van der Waals surface area contributed by atoms with E-state index in [0.29, 0.717) is 17.3 Å². The molecule has 2 aromatic carbocycles. The van der Waals surface area contributed by atoms with Crippen molar-refractivity contribution in [2.75, 3.05) is 7.05 Å². The fraction of sp³-hybridized carbons (Fsp3) is 0.346. The van der Waals surface area contributed by atoms with E-state index in [-0.39, 0.29) is 23.7 Å². The van der Waals surface area contributed by atoms with Gasteiger partial charge in [-0.25, -0.2) is 4.39 Å². The summed E-state index contributed by atoms with van der Waals surface area (Å²) in [5.74, 6) is 7.35. The van der Waals surface area contributed by atoms with Crippen molar-refractivity contribution in [2.45, 2.75) is 51.0 Å². The molecule has 1 heterocycles. The minimum Gasteiger partial charge on any atom is -0.425 e. The highest BCUT2D eigenvalue weighted by Crippen LogP contribution is 2.36. The molecule has 0 spiro atoms. The second-order valence-corrected chi connectivity index (χ2v) is 8.20. The van der Waals surface area contributed by atoms with Crippen LogP contribution < -0.4 is 0 Å². The van der Waals surface area contributed by atoms with E-state index in [1.165, 1.54) is 12.1 Å².